The summed E-state index contributed by atoms with van der Waals surface area (Å²) in [6.07, 6.45) is 1.76. The van der Waals surface area contributed by atoms with Crippen LogP contribution < -0.4 is 4.72 Å². The standard InChI is InChI=1S/C12H20N2O6S/c1-2-14-9-10(8-11(14)12(16)17)21(18,19)13-4-3-6-20-7-5-15/h8-9,13,15H,2-7H2,1H3,(H,16,17). The molecule has 0 amide bonds. The molecule has 0 radical (unpaired) electrons. The summed E-state index contributed by atoms with van der Waals surface area (Å²) >= 11 is 0. The first kappa shape index (κ1) is 17.6. The van der Waals surface area contributed by atoms with Crippen LogP contribution >= 0.6 is 0 Å². The van der Waals surface area contributed by atoms with Gasteiger partial charge in [-0.2, -0.15) is 0 Å². The van der Waals surface area contributed by atoms with E-state index in [1.807, 2.05) is 0 Å². The van der Waals surface area contributed by atoms with E-state index < -0.39 is 16.0 Å². The molecule has 0 saturated heterocycles. The molecule has 9 heteroatoms. The number of rotatable bonds is 10. The fourth-order valence-corrected chi connectivity index (χ4v) is 2.81. The second-order valence-corrected chi connectivity index (χ2v) is 6.01. The predicted molar refractivity (Wildman–Crippen MR) is 74.8 cm³/mol. The summed E-state index contributed by atoms with van der Waals surface area (Å²) in [5.74, 6) is -1.17. The minimum atomic E-state index is -3.74. The molecule has 0 aromatic carbocycles. The Labute approximate surface area is 123 Å². The third-order valence-electron chi connectivity index (χ3n) is 2.73. The summed E-state index contributed by atoms with van der Waals surface area (Å²) in [5, 5.41) is 17.5. The van der Waals surface area contributed by atoms with Gasteiger partial charge in [-0.3, -0.25) is 0 Å². The van der Waals surface area contributed by atoms with Crippen LogP contribution in [0.25, 0.3) is 0 Å². The number of carboxylic acids is 1. The van der Waals surface area contributed by atoms with Crippen LogP contribution in [0.15, 0.2) is 17.2 Å². The molecule has 0 unspecified atom stereocenters. The number of sulfonamides is 1. The highest BCUT2D eigenvalue weighted by Crippen LogP contribution is 2.14. The van der Waals surface area contributed by atoms with Crippen molar-refractivity contribution < 1.29 is 28.2 Å². The average molecular weight is 320 g/mol. The van der Waals surface area contributed by atoms with Crippen molar-refractivity contribution in [1.29, 1.82) is 0 Å². The van der Waals surface area contributed by atoms with Crippen molar-refractivity contribution in [2.75, 3.05) is 26.4 Å². The Balaban J connectivity index is 2.64. The summed E-state index contributed by atoms with van der Waals surface area (Å²) in [7, 11) is -3.74. The van der Waals surface area contributed by atoms with E-state index in [0.717, 1.165) is 6.07 Å². The molecule has 1 aromatic heterocycles. The fraction of sp³-hybridized carbons (Fsp3) is 0.583. The number of nitrogens with one attached hydrogen (secondary N) is 1. The highest BCUT2D eigenvalue weighted by Gasteiger charge is 2.20. The summed E-state index contributed by atoms with van der Waals surface area (Å²) in [4.78, 5) is 10.9. The fourth-order valence-electron chi connectivity index (χ4n) is 1.70. The van der Waals surface area contributed by atoms with Crippen LogP contribution in [0.1, 0.15) is 23.8 Å². The first-order chi connectivity index (χ1) is 9.92. The van der Waals surface area contributed by atoms with Gasteiger partial charge in [-0.25, -0.2) is 17.9 Å². The minimum absolute atomic E-state index is 0.0656. The highest BCUT2D eigenvalue weighted by molar-refractivity contribution is 7.89. The molecule has 1 aromatic rings. The first-order valence-corrected chi connectivity index (χ1v) is 8.02. The lowest BCUT2D eigenvalue weighted by Gasteiger charge is -2.05. The maximum Gasteiger partial charge on any atom is 0.352 e. The van der Waals surface area contributed by atoms with Crippen LogP contribution in [0.3, 0.4) is 0 Å². The molecule has 0 aliphatic rings. The van der Waals surface area contributed by atoms with Gasteiger partial charge in [0.1, 0.15) is 10.6 Å². The van der Waals surface area contributed by atoms with Crippen LogP contribution in [-0.2, 0) is 21.3 Å². The van der Waals surface area contributed by atoms with Gasteiger partial charge in [-0.15, -0.1) is 0 Å². The zero-order valence-corrected chi connectivity index (χ0v) is 12.6. The van der Waals surface area contributed by atoms with Crippen molar-refractivity contribution in [3.8, 4) is 0 Å². The van der Waals surface area contributed by atoms with Gasteiger partial charge in [0.05, 0.1) is 13.2 Å². The molecule has 0 spiro atoms. The lowest BCUT2D eigenvalue weighted by Crippen LogP contribution is -2.25. The summed E-state index contributed by atoms with van der Waals surface area (Å²) < 4.78 is 32.8. The largest absolute Gasteiger partial charge is 0.477 e. The molecule has 0 fully saturated rings. The van der Waals surface area contributed by atoms with Crippen molar-refractivity contribution in [2.45, 2.75) is 24.8 Å². The van der Waals surface area contributed by atoms with E-state index in [-0.39, 0.29) is 30.3 Å². The molecule has 0 bridgehead atoms. The van der Waals surface area contributed by atoms with Crippen LogP contribution in [0.5, 0.6) is 0 Å². The van der Waals surface area contributed by atoms with E-state index in [4.69, 9.17) is 14.9 Å². The van der Waals surface area contributed by atoms with Crippen molar-refractivity contribution in [1.82, 2.24) is 9.29 Å². The quantitative estimate of drug-likeness (QED) is 0.517. The summed E-state index contributed by atoms with van der Waals surface area (Å²) in [6.45, 7) is 2.75. The molecule has 1 heterocycles. The third-order valence-corrected chi connectivity index (χ3v) is 4.16. The van der Waals surface area contributed by atoms with Crippen molar-refractivity contribution in [2.24, 2.45) is 0 Å². The van der Waals surface area contributed by atoms with Crippen molar-refractivity contribution >= 4 is 16.0 Å². The number of nitrogens with zero attached hydrogens (tertiary/aromatic N) is 1. The number of hydrogen-bond acceptors (Lipinski definition) is 5. The van der Waals surface area contributed by atoms with Gasteiger partial charge in [0.2, 0.25) is 10.0 Å². The number of ether oxygens (including phenoxy) is 1. The van der Waals surface area contributed by atoms with E-state index >= 15 is 0 Å². The molecule has 21 heavy (non-hydrogen) atoms. The Kier molecular flexibility index (Phi) is 6.82. The molecule has 120 valence electrons. The van der Waals surface area contributed by atoms with E-state index in [2.05, 4.69) is 4.72 Å². The van der Waals surface area contributed by atoms with Gasteiger partial charge < -0.3 is 19.5 Å². The number of carbonyl (C=O) groups is 1. The number of hydrogen-bond donors (Lipinski definition) is 3. The molecule has 0 saturated carbocycles. The second-order valence-electron chi connectivity index (χ2n) is 4.24. The number of aryl methyl sites for hydroxylation is 1. The summed E-state index contributed by atoms with van der Waals surface area (Å²) in [6, 6.07) is 1.14. The van der Waals surface area contributed by atoms with Crippen LogP contribution in [-0.4, -0.2) is 55.5 Å². The van der Waals surface area contributed by atoms with Gasteiger partial charge in [-0.05, 0) is 19.4 Å². The number of aliphatic hydroxyl groups is 1. The molecule has 8 nitrogen and oxygen atoms in total. The smallest absolute Gasteiger partial charge is 0.352 e. The van der Waals surface area contributed by atoms with Crippen molar-refractivity contribution in [3.63, 3.8) is 0 Å². The first-order valence-electron chi connectivity index (χ1n) is 6.54. The lowest BCUT2D eigenvalue weighted by atomic mass is 10.4. The predicted octanol–water partition coefficient (Wildman–Crippen LogP) is -0.116. The average Bonchev–Trinajstić information content (AvgIpc) is 2.88. The normalized spacial score (nSPS) is 11.7. The Hall–Kier alpha value is -1.42. The molecule has 3 N–H and O–H groups in total. The molecular weight excluding hydrogens is 300 g/mol. The van der Waals surface area contributed by atoms with Gasteiger partial charge in [0.25, 0.3) is 0 Å². The number of aliphatic hydroxyl groups excluding tert-OH is 1. The highest BCUT2D eigenvalue weighted by atomic mass is 32.2. The van der Waals surface area contributed by atoms with E-state index in [1.165, 1.54) is 10.8 Å². The molecular formula is C12H20N2O6S. The molecule has 1 rings (SSSR count). The Morgan fingerprint density at radius 2 is 2.14 bits per heavy atom. The lowest BCUT2D eigenvalue weighted by molar-refractivity contribution is 0.0685. The Bertz CT molecular complexity index is 566. The van der Waals surface area contributed by atoms with E-state index in [9.17, 15) is 13.2 Å². The summed E-state index contributed by atoms with van der Waals surface area (Å²) in [5.41, 5.74) is -0.0656. The molecule has 0 aliphatic heterocycles. The third kappa shape index (κ3) is 5.12. The maximum absolute atomic E-state index is 12.0. The van der Waals surface area contributed by atoms with E-state index in [1.54, 1.807) is 6.92 Å². The van der Waals surface area contributed by atoms with Gasteiger partial charge in [0.15, 0.2) is 0 Å². The van der Waals surface area contributed by atoms with Crippen LogP contribution in [0.4, 0.5) is 0 Å². The zero-order valence-electron chi connectivity index (χ0n) is 11.8. The minimum Gasteiger partial charge on any atom is -0.477 e. The van der Waals surface area contributed by atoms with Crippen LogP contribution in [0.2, 0.25) is 0 Å². The Morgan fingerprint density at radius 1 is 1.43 bits per heavy atom. The monoisotopic (exact) mass is 320 g/mol. The number of aromatic nitrogens is 1. The molecule has 0 aliphatic carbocycles. The Morgan fingerprint density at radius 3 is 2.67 bits per heavy atom. The van der Waals surface area contributed by atoms with Crippen molar-refractivity contribution in [3.05, 3.63) is 18.0 Å². The van der Waals surface area contributed by atoms with E-state index in [0.29, 0.717) is 19.6 Å². The van der Waals surface area contributed by atoms with Gasteiger partial charge >= 0.3 is 5.97 Å². The molecule has 0 atom stereocenters. The van der Waals surface area contributed by atoms with Crippen LogP contribution in [0, 0.1) is 0 Å². The number of aromatic carboxylic acids is 1. The van der Waals surface area contributed by atoms with Gasteiger partial charge in [-0.1, -0.05) is 0 Å². The zero-order chi connectivity index (χ0) is 15.9. The number of carboxylic acid groups (broad SMARTS) is 1. The SMILES string of the molecule is CCn1cc(S(=O)(=O)NCCCOCCO)cc1C(=O)O. The topological polar surface area (TPSA) is 118 Å². The van der Waals surface area contributed by atoms with Gasteiger partial charge in [0, 0.05) is 25.9 Å². The second kappa shape index (κ2) is 8.13. The maximum atomic E-state index is 12.0.